The molecule has 0 spiro atoms. The molecule has 4 nitrogen and oxygen atoms in total. The van der Waals surface area contributed by atoms with Gasteiger partial charge in [-0.1, -0.05) is 42.5 Å². The predicted molar refractivity (Wildman–Crippen MR) is 93.2 cm³/mol. The van der Waals surface area contributed by atoms with E-state index in [0.717, 1.165) is 25.3 Å². The minimum atomic E-state index is 0.141. The van der Waals surface area contributed by atoms with E-state index in [4.69, 9.17) is 5.11 Å². The van der Waals surface area contributed by atoms with E-state index in [-0.39, 0.29) is 6.61 Å². The summed E-state index contributed by atoms with van der Waals surface area (Å²) in [4.78, 5) is 2.50. The monoisotopic (exact) mass is 311 g/mol. The summed E-state index contributed by atoms with van der Waals surface area (Å²) in [6, 6.07) is 12.5. The molecule has 3 rings (SSSR count). The van der Waals surface area contributed by atoms with Gasteiger partial charge in [0.2, 0.25) is 0 Å². The van der Waals surface area contributed by atoms with Gasteiger partial charge in [0.1, 0.15) is 0 Å². The van der Waals surface area contributed by atoms with E-state index in [1.54, 1.807) is 0 Å². The van der Waals surface area contributed by atoms with Crippen LogP contribution in [0.5, 0.6) is 0 Å². The van der Waals surface area contributed by atoms with E-state index in [1.165, 1.54) is 18.4 Å². The number of benzene rings is 1. The average Bonchev–Trinajstić information content (AvgIpc) is 3.05. The first-order chi connectivity index (χ1) is 11.3. The Morgan fingerprint density at radius 1 is 1.22 bits per heavy atom. The van der Waals surface area contributed by atoms with Crippen LogP contribution in [-0.4, -0.2) is 46.0 Å². The lowest BCUT2D eigenvalue weighted by Gasteiger charge is -2.31. The summed E-state index contributed by atoms with van der Waals surface area (Å²) < 4.78 is 1.84. The van der Waals surface area contributed by atoms with Gasteiger partial charge in [0.25, 0.3) is 0 Å². The molecule has 1 N–H and O–H groups in total. The molecule has 0 unspecified atom stereocenters. The fourth-order valence-corrected chi connectivity index (χ4v) is 3.19. The van der Waals surface area contributed by atoms with Gasteiger partial charge in [-0.25, -0.2) is 0 Å². The third kappa shape index (κ3) is 4.53. The topological polar surface area (TPSA) is 41.3 Å². The van der Waals surface area contributed by atoms with Crippen LogP contribution in [0.25, 0.3) is 6.08 Å². The van der Waals surface area contributed by atoms with Gasteiger partial charge in [0.15, 0.2) is 0 Å². The third-order valence-corrected chi connectivity index (χ3v) is 4.39. The van der Waals surface area contributed by atoms with Crippen molar-refractivity contribution < 1.29 is 5.11 Å². The van der Waals surface area contributed by atoms with E-state index in [1.807, 2.05) is 16.9 Å². The molecule has 1 aromatic heterocycles. The lowest BCUT2D eigenvalue weighted by molar-refractivity contribution is 0.225. The zero-order valence-electron chi connectivity index (χ0n) is 13.5. The summed E-state index contributed by atoms with van der Waals surface area (Å²) in [5.74, 6) is 0.508. The van der Waals surface area contributed by atoms with Crippen molar-refractivity contribution in [1.82, 2.24) is 14.7 Å². The van der Waals surface area contributed by atoms with Crippen LogP contribution in [0.2, 0.25) is 0 Å². The molecule has 122 valence electrons. The third-order valence-electron chi connectivity index (χ3n) is 4.39. The molecule has 23 heavy (non-hydrogen) atoms. The first-order valence-electron chi connectivity index (χ1n) is 8.43. The molecule has 1 aliphatic rings. The second kappa shape index (κ2) is 8.09. The number of nitrogens with zero attached hydrogens (tertiary/aromatic N) is 3. The van der Waals surface area contributed by atoms with Crippen LogP contribution >= 0.6 is 0 Å². The Kier molecular flexibility index (Phi) is 5.61. The molecule has 0 amide bonds. The van der Waals surface area contributed by atoms with Gasteiger partial charge in [0.05, 0.1) is 18.8 Å². The van der Waals surface area contributed by atoms with Crippen LogP contribution in [0, 0.1) is 0 Å². The highest BCUT2D eigenvalue weighted by Crippen LogP contribution is 2.25. The normalized spacial score (nSPS) is 19.4. The van der Waals surface area contributed by atoms with E-state index in [9.17, 15) is 0 Å². The van der Waals surface area contributed by atoms with Crippen LogP contribution in [-0.2, 0) is 6.54 Å². The highest BCUT2D eigenvalue weighted by molar-refractivity contribution is 5.48. The van der Waals surface area contributed by atoms with Gasteiger partial charge in [0, 0.05) is 25.2 Å². The van der Waals surface area contributed by atoms with E-state index >= 15 is 0 Å². The molecule has 1 aromatic carbocycles. The maximum Gasteiger partial charge on any atom is 0.0668 e. The summed E-state index contributed by atoms with van der Waals surface area (Å²) in [5.41, 5.74) is 2.42. The maximum atomic E-state index is 9.00. The number of aliphatic hydroxyl groups is 1. The van der Waals surface area contributed by atoms with Crippen molar-refractivity contribution in [1.29, 1.82) is 0 Å². The van der Waals surface area contributed by atoms with E-state index in [2.05, 4.69) is 52.5 Å². The summed E-state index contributed by atoms with van der Waals surface area (Å²) in [5, 5.41) is 13.6. The summed E-state index contributed by atoms with van der Waals surface area (Å²) in [7, 11) is 0. The molecule has 1 saturated heterocycles. The summed E-state index contributed by atoms with van der Waals surface area (Å²) in [6.45, 7) is 3.93. The summed E-state index contributed by atoms with van der Waals surface area (Å²) in [6.07, 6.45) is 8.84. The Morgan fingerprint density at radius 2 is 2.09 bits per heavy atom. The average molecular weight is 311 g/mol. The predicted octanol–water partition coefficient (Wildman–Crippen LogP) is 2.77. The molecule has 0 bridgehead atoms. The van der Waals surface area contributed by atoms with E-state index < -0.39 is 0 Å². The smallest absolute Gasteiger partial charge is 0.0668 e. The fraction of sp³-hybridized carbons (Fsp3) is 0.421. The van der Waals surface area contributed by atoms with E-state index in [0.29, 0.717) is 12.5 Å². The summed E-state index contributed by atoms with van der Waals surface area (Å²) >= 11 is 0. The van der Waals surface area contributed by atoms with Crippen LogP contribution in [0.3, 0.4) is 0 Å². The van der Waals surface area contributed by atoms with Crippen molar-refractivity contribution in [2.45, 2.75) is 25.3 Å². The number of rotatable bonds is 6. The van der Waals surface area contributed by atoms with Crippen molar-refractivity contribution in [3.63, 3.8) is 0 Å². The Bertz CT molecular complexity index is 621. The first-order valence-corrected chi connectivity index (χ1v) is 8.43. The lowest BCUT2D eigenvalue weighted by Crippen LogP contribution is -2.34. The number of hydrogen-bond acceptors (Lipinski definition) is 3. The van der Waals surface area contributed by atoms with Crippen molar-refractivity contribution >= 4 is 6.08 Å². The second-order valence-corrected chi connectivity index (χ2v) is 6.14. The molecule has 1 aliphatic heterocycles. The quantitative estimate of drug-likeness (QED) is 0.892. The van der Waals surface area contributed by atoms with Gasteiger partial charge >= 0.3 is 0 Å². The number of piperidine rings is 1. The van der Waals surface area contributed by atoms with Crippen molar-refractivity contribution in [3.8, 4) is 0 Å². The SMILES string of the molecule is OCCn1ccc([C@H]2CCCN(C/C=C/c3ccccc3)C2)n1. The Morgan fingerprint density at radius 3 is 2.91 bits per heavy atom. The van der Waals surface area contributed by atoms with Gasteiger partial charge in [-0.3, -0.25) is 9.58 Å². The van der Waals surface area contributed by atoms with Crippen LogP contribution in [0.4, 0.5) is 0 Å². The molecular formula is C19H25N3O. The standard InChI is InChI=1S/C19H25N3O/c23-15-14-22-13-10-19(20-22)18-9-5-12-21(16-18)11-4-8-17-6-2-1-3-7-17/h1-4,6-8,10,13,18,23H,5,9,11-12,14-16H2/b8-4+/t18-/m0/s1. The maximum absolute atomic E-state index is 9.00. The molecular weight excluding hydrogens is 286 g/mol. The minimum absolute atomic E-state index is 0.141. The Labute approximate surface area is 138 Å². The highest BCUT2D eigenvalue weighted by Gasteiger charge is 2.22. The lowest BCUT2D eigenvalue weighted by atomic mass is 9.95. The van der Waals surface area contributed by atoms with Gasteiger partial charge in [-0.2, -0.15) is 5.10 Å². The first kappa shape index (κ1) is 16.0. The molecule has 1 fully saturated rings. The molecule has 2 aromatic rings. The van der Waals surface area contributed by atoms with Crippen molar-refractivity contribution in [2.24, 2.45) is 0 Å². The number of aromatic nitrogens is 2. The number of aliphatic hydroxyl groups excluding tert-OH is 1. The molecule has 1 atom stereocenters. The van der Waals surface area contributed by atoms with Crippen LogP contribution < -0.4 is 0 Å². The molecule has 0 radical (unpaired) electrons. The van der Waals surface area contributed by atoms with Crippen molar-refractivity contribution in [2.75, 3.05) is 26.2 Å². The van der Waals surface area contributed by atoms with Crippen LogP contribution in [0.1, 0.15) is 30.0 Å². The Hall–Kier alpha value is -1.91. The molecule has 2 heterocycles. The highest BCUT2D eigenvalue weighted by atomic mass is 16.3. The number of likely N-dealkylation sites (tertiary alicyclic amines) is 1. The molecule has 0 aliphatic carbocycles. The Balaban J connectivity index is 1.54. The van der Waals surface area contributed by atoms with Crippen LogP contribution in [0.15, 0.2) is 48.7 Å². The zero-order valence-corrected chi connectivity index (χ0v) is 13.5. The van der Waals surface area contributed by atoms with Crippen molar-refractivity contribution in [3.05, 3.63) is 59.9 Å². The minimum Gasteiger partial charge on any atom is -0.394 e. The second-order valence-electron chi connectivity index (χ2n) is 6.14. The fourth-order valence-electron chi connectivity index (χ4n) is 3.19. The van der Waals surface area contributed by atoms with Gasteiger partial charge in [-0.15, -0.1) is 0 Å². The largest absolute Gasteiger partial charge is 0.394 e. The molecule has 0 saturated carbocycles. The van der Waals surface area contributed by atoms with Gasteiger partial charge in [-0.05, 0) is 31.0 Å². The number of hydrogen-bond donors (Lipinski definition) is 1. The van der Waals surface area contributed by atoms with Gasteiger partial charge < -0.3 is 5.11 Å². The zero-order chi connectivity index (χ0) is 15.9. The molecule has 4 heteroatoms.